The number of phenols is 1. The number of rotatable bonds is 7. The van der Waals surface area contributed by atoms with E-state index >= 15 is 0 Å². The second-order valence-corrected chi connectivity index (χ2v) is 7.13. The molecular weight excluding hydrogens is 439 g/mol. The van der Waals surface area contributed by atoms with Crippen LogP contribution < -0.4 is 16.4 Å². The van der Waals surface area contributed by atoms with E-state index in [2.05, 4.69) is 10.6 Å². The lowest BCUT2D eigenvalue weighted by atomic mass is 10.1. The maximum atomic E-state index is 13.9. The number of nitrogens with two attached hydrogens (primary N) is 1. The van der Waals surface area contributed by atoms with Crippen molar-refractivity contribution >= 4 is 29.1 Å². The number of anilines is 3. The Labute approximate surface area is 195 Å². The van der Waals surface area contributed by atoms with Crippen LogP contribution in [-0.2, 0) is 9.53 Å². The number of aromatic hydroxyl groups is 1. The monoisotopic (exact) mass is 460 g/mol. The summed E-state index contributed by atoms with van der Waals surface area (Å²) in [5.74, 6) is -1.87. The van der Waals surface area contributed by atoms with Gasteiger partial charge in [-0.05, 0) is 60.2 Å². The number of halogens is 1. The van der Waals surface area contributed by atoms with Gasteiger partial charge >= 0.3 is 6.09 Å². The lowest BCUT2D eigenvalue weighted by molar-refractivity contribution is -0.111. The summed E-state index contributed by atoms with van der Waals surface area (Å²) in [7, 11) is 0. The molecule has 3 rings (SSSR count). The van der Waals surface area contributed by atoms with Crippen molar-refractivity contribution in [2.24, 2.45) is 0 Å². The van der Waals surface area contributed by atoms with E-state index in [-0.39, 0.29) is 12.0 Å². The highest BCUT2D eigenvalue weighted by atomic mass is 19.1. The number of amides is 2. The fourth-order valence-electron chi connectivity index (χ4n) is 2.96. The van der Waals surface area contributed by atoms with Crippen LogP contribution in [0.4, 0.5) is 26.2 Å². The molecule has 172 valence electrons. The number of nitrogens with zero attached hydrogens (tertiary/aromatic N) is 1. The summed E-state index contributed by atoms with van der Waals surface area (Å²) in [6.07, 6.45) is 0.983. The molecule has 0 fully saturated rings. The number of hydrogen-bond donors (Lipinski definition) is 4. The Kier molecular flexibility index (Phi) is 7.81. The molecule has 34 heavy (non-hydrogen) atoms. The van der Waals surface area contributed by atoms with Crippen molar-refractivity contribution in [2.45, 2.75) is 12.5 Å². The number of phenolic OH excluding ortho intramolecular Hbond substituents is 1. The standard InChI is InChI=1S/C25H21FN4O4/c26-19-14-17(10-13-22(19)31)23(34-25(33)29-18-11-8-16(15-27)9-12-18)6-3-7-24(32)30-21-5-2-1-4-20(21)28/h1-5,7-14,23,31H,6,28H2,(H,29,33)(H,30,32)/b7-3+/t23-/m0/s1. The summed E-state index contributed by atoms with van der Waals surface area (Å²) >= 11 is 0. The Morgan fingerprint density at radius 2 is 1.85 bits per heavy atom. The van der Waals surface area contributed by atoms with Crippen LogP contribution in [0.25, 0.3) is 0 Å². The van der Waals surface area contributed by atoms with Crippen molar-refractivity contribution < 1.29 is 23.8 Å². The van der Waals surface area contributed by atoms with E-state index < -0.39 is 29.7 Å². The molecule has 0 aliphatic heterocycles. The Hall–Kier alpha value is -4.84. The zero-order valence-corrected chi connectivity index (χ0v) is 17.9. The van der Waals surface area contributed by atoms with Crippen LogP contribution in [0.2, 0.25) is 0 Å². The van der Waals surface area contributed by atoms with Gasteiger partial charge in [-0.2, -0.15) is 5.26 Å². The van der Waals surface area contributed by atoms with Crippen molar-refractivity contribution in [2.75, 3.05) is 16.4 Å². The van der Waals surface area contributed by atoms with Gasteiger partial charge in [0.05, 0.1) is 23.0 Å². The maximum Gasteiger partial charge on any atom is 0.412 e. The molecule has 9 heteroatoms. The predicted octanol–water partition coefficient (Wildman–Crippen LogP) is 4.86. The van der Waals surface area contributed by atoms with Crippen molar-refractivity contribution in [3.63, 3.8) is 0 Å². The number of ether oxygens (including phenoxy) is 1. The van der Waals surface area contributed by atoms with Crippen LogP contribution in [0.15, 0.2) is 78.9 Å². The van der Waals surface area contributed by atoms with Crippen molar-refractivity contribution in [1.29, 1.82) is 5.26 Å². The fraction of sp³-hybridized carbons (Fsp3) is 0.0800. The summed E-state index contributed by atoms with van der Waals surface area (Å²) in [5.41, 5.74) is 7.77. The van der Waals surface area contributed by atoms with E-state index in [9.17, 15) is 19.1 Å². The average Bonchev–Trinajstić information content (AvgIpc) is 2.82. The van der Waals surface area contributed by atoms with Crippen LogP contribution in [-0.4, -0.2) is 17.1 Å². The van der Waals surface area contributed by atoms with Crippen LogP contribution in [0.1, 0.15) is 23.7 Å². The molecule has 5 N–H and O–H groups in total. The molecule has 1 atom stereocenters. The number of hydrogen-bond acceptors (Lipinski definition) is 6. The van der Waals surface area contributed by atoms with E-state index in [0.717, 1.165) is 12.1 Å². The third kappa shape index (κ3) is 6.58. The topological polar surface area (TPSA) is 137 Å². The molecule has 0 saturated heterocycles. The zero-order valence-electron chi connectivity index (χ0n) is 17.9. The lowest BCUT2D eigenvalue weighted by Crippen LogP contribution is -2.17. The number of carbonyl (C=O) groups is 2. The molecule has 0 radical (unpaired) electrons. The summed E-state index contributed by atoms with van der Waals surface area (Å²) < 4.78 is 19.3. The van der Waals surface area contributed by atoms with E-state index in [1.165, 1.54) is 42.5 Å². The van der Waals surface area contributed by atoms with E-state index in [1.54, 1.807) is 24.3 Å². The van der Waals surface area contributed by atoms with Gasteiger partial charge in [0, 0.05) is 12.1 Å². The first kappa shape index (κ1) is 23.8. The van der Waals surface area contributed by atoms with Gasteiger partial charge in [0.2, 0.25) is 5.91 Å². The molecular formula is C25H21FN4O4. The van der Waals surface area contributed by atoms with Crippen molar-refractivity contribution in [3.05, 3.63) is 95.8 Å². The van der Waals surface area contributed by atoms with Crippen LogP contribution >= 0.6 is 0 Å². The van der Waals surface area contributed by atoms with Crippen LogP contribution in [0.5, 0.6) is 5.75 Å². The summed E-state index contributed by atoms with van der Waals surface area (Å²) in [5, 5.41) is 23.5. The summed E-state index contributed by atoms with van der Waals surface area (Å²) in [4.78, 5) is 24.6. The smallest absolute Gasteiger partial charge is 0.412 e. The summed E-state index contributed by atoms with van der Waals surface area (Å²) in [6.45, 7) is 0. The molecule has 0 aromatic heterocycles. The molecule has 0 unspecified atom stereocenters. The van der Waals surface area contributed by atoms with Crippen molar-refractivity contribution in [1.82, 2.24) is 0 Å². The quantitative estimate of drug-likeness (QED) is 0.293. The van der Waals surface area contributed by atoms with Gasteiger partial charge in [-0.25, -0.2) is 9.18 Å². The van der Waals surface area contributed by atoms with Gasteiger partial charge in [-0.3, -0.25) is 10.1 Å². The van der Waals surface area contributed by atoms with Gasteiger partial charge in [0.15, 0.2) is 11.6 Å². The molecule has 0 spiro atoms. The Bertz CT molecular complexity index is 1250. The molecule has 0 aliphatic carbocycles. The number of para-hydroxylation sites is 2. The summed E-state index contributed by atoms with van der Waals surface area (Å²) in [6, 6.07) is 18.5. The normalized spacial score (nSPS) is 11.4. The molecule has 0 bridgehead atoms. The first-order valence-corrected chi connectivity index (χ1v) is 10.1. The van der Waals surface area contributed by atoms with E-state index in [0.29, 0.717) is 22.6 Å². The Morgan fingerprint density at radius 1 is 1.12 bits per heavy atom. The maximum absolute atomic E-state index is 13.9. The predicted molar refractivity (Wildman–Crippen MR) is 125 cm³/mol. The number of nitriles is 1. The number of nitrogen functional groups attached to an aromatic ring is 1. The van der Waals surface area contributed by atoms with Gasteiger partial charge in [-0.1, -0.05) is 24.3 Å². The number of benzene rings is 3. The Balaban J connectivity index is 1.70. The van der Waals surface area contributed by atoms with Gasteiger partial charge in [0.1, 0.15) is 6.10 Å². The zero-order chi connectivity index (χ0) is 24.5. The second kappa shape index (κ2) is 11.2. The lowest BCUT2D eigenvalue weighted by Gasteiger charge is -2.18. The Morgan fingerprint density at radius 3 is 2.53 bits per heavy atom. The van der Waals surface area contributed by atoms with Gasteiger partial charge in [-0.15, -0.1) is 0 Å². The molecule has 0 saturated carbocycles. The van der Waals surface area contributed by atoms with Gasteiger partial charge in [0.25, 0.3) is 0 Å². The molecule has 8 nitrogen and oxygen atoms in total. The highest BCUT2D eigenvalue weighted by Gasteiger charge is 2.18. The highest BCUT2D eigenvalue weighted by molar-refractivity contribution is 6.01. The number of nitrogens with one attached hydrogen (secondary N) is 2. The van der Waals surface area contributed by atoms with Crippen LogP contribution in [0, 0.1) is 17.1 Å². The largest absolute Gasteiger partial charge is 0.505 e. The van der Waals surface area contributed by atoms with Crippen molar-refractivity contribution in [3.8, 4) is 11.8 Å². The highest BCUT2D eigenvalue weighted by Crippen LogP contribution is 2.27. The third-order valence-corrected chi connectivity index (χ3v) is 4.69. The molecule has 2 amide bonds. The first-order chi connectivity index (χ1) is 16.4. The number of carbonyl (C=O) groups excluding carboxylic acids is 2. The van der Waals surface area contributed by atoms with Crippen LogP contribution in [0.3, 0.4) is 0 Å². The minimum absolute atomic E-state index is 0.0443. The minimum atomic E-state index is -0.959. The molecule has 3 aromatic rings. The average molecular weight is 460 g/mol. The SMILES string of the molecule is N#Cc1ccc(NC(=O)O[C@@H](C/C=C/C(=O)Nc2ccccc2N)c2ccc(O)c(F)c2)cc1. The molecule has 3 aromatic carbocycles. The van der Waals surface area contributed by atoms with Gasteiger partial charge < -0.3 is 20.9 Å². The molecule has 0 heterocycles. The fourth-order valence-corrected chi connectivity index (χ4v) is 2.96. The van der Waals surface area contributed by atoms with E-state index in [1.807, 2.05) is 6.07 Å². The second-order valence-electron chi connectivity index (χ2n) is 7.13. The van der Waals surface area contributed by atoms with E-state index in [4.69, 9.17) is 15.7 Å². The first-order valence-electron chi connectivity index (χ1n) is 10.1. The third-order valence-electron chi connectivity index (χ3n) is 4.69. The minimum Gasteiger partial charge on any atom is -0.505 e. The molecule has 0 aliphatic rings.